The fraction of sp³-hybridized carbons (Fsp3) is 0.462. The summed E-state index contributed by atoms with van der Waals surface area (Å²) in [5, 5.41) is 11.2. The first-order chi connectivity index (χ1) is 9.01. The summed E-state index contributed by atoms with van der Waals surface area (Å²) < 4.78 is 0. The molecule has 1 amide bonds. The molecular formula is C13H15ClN2O3. The van der Waals surface area contributed by atoms with E-state index in [-0.39, 0.29) is 11.6 Å². The molecule has 1 fully saturated rings. The van der Waals surface area contributed by atoms with Gasteiger partial charge in [-0.05, 0) is 17.5 Å². The molecule has 1 aromatic carbocycles. The summed E-state index contributed by atoms with van der Waals surface area (Å²) in [6, 6.07) is 4.31. The largest absolute Gasteiger partial charge is 0.338 e. The average molecular weight is 283 g/mol. The van der Waals surface area contributed by atoms with E-state index in [1.807, 2.05) is 0 Å². The SMILES string of the molecule is CCC1CC(=O)N(Cc2cc([N+](=O)[O-])ccc2Cl)C1. The Kier molecular flexibility index (Phi) is 4.04. The van der Waals surface area contributed by atoms with Gasteiger partial charge in [-0.2, -0.15) is 0 Å². The minimum absolute atomic E-state index is 0.00177. The van der Waals surface area contributed by atoms with Crippen molar-refractivity contribution in [2.75, 3.05) is 6.54 Å². The van der Waals surface area contributed by atoms with Crippen molar-refractivity contribution in [3.63, 3.8) is 0 Å². The van der Waals surface area contributed by atoms with Crippen molar-refractivity contribution in [2.24, 2.45) is 5.92 Å². The number of nitro groups is 1. The zero-order valence-electron chi connectivity index (χ0n) is 10.6. The lowest BCUT2D eigenvalue weighted by atomic mass is 10.1. The summed E-state index contributed by atoms with van der Waals surface area (Å²) in [5.41, 5.74) is 0.624. The third kappa shape index (κ3) is 3.04. The number of rotatable bonds is 4. The minimum atomic E-state index is -0.458. The van der Waals surface area contributed by atoms with E-state index in [4.69, 9.17) is 11.6 Å². The summed E-state index contributed by atoms with van der Waals surface area (Å²) in [5.74, 6) is 0.472. The first kappa shape index (κ1) is 13.8. The molecule has 0 aromatic heterocycles. The van der Waals surface area contributed by atoms with Crippen LogP contribution < -0.4 is 0 Å². The first-order valence-electron chi connectivity index (χ1n) is 6.21. The number of nitrogens with zero attached hydrogens (tertiary/aromatic N) is 2. The van der Waals surface area contributed by atoms with Crippen LogP contribution in [-0.4, -0.2) is 22.3 Å². The van der Waals surface area contributed by atoms with Crippen LogP contribution in [0.15, 0.2) is 18.2 Å². The third-order valence-corrected chi connectivity index (χ3v) is 3.84. The van der Waals surface area contributed by atoms with E-state index in [0.717, 1.165) is 6.42 Å². The third-order valence-electron chi connectivity index (χ3n) is 3.47. The van der Waals surface area contributed by atoms with Gasteiger partial charge in [-0.15, -0.1) is 0 Å². The van der Waals surface area contributed by atoms with Crippen LogP contribution in [0.2, 0.25) is 5.02 Å². The number of hydrogen-bond donors (Lipinski definition) is 0. The zero-order chi connectivity index (χ0) is 14.0. The van der Waals surface area contributed by atoms with Gasteiger partial charge in [0.2, 0.25) is 5.91 Å². The van der Waals surface area contributed by atoms with Crippen molar-refractivity contribution in [3.8, 4) is 0 Å². The van der Waals surface area contributed by atoms with E-state index < -0.39 is 4.92 Å². The molecule has 2 rings (SSSR count). The summed E-state index contributed by atoms with van der Waals surface area (Å²) in [6.07, 6.45) is 1.52. The lowest BCUT2D eigenvalue weighted by molar-refractivity contribution is -0.384. The average Bonchev–Trinajstić information content (AvgIpc) is 2.72. The maximum atomic E-state index is 11.8. The van der Waals surface area contributed by atoms with Crippen molar-refractivity contribution in [1.82, 2.24) is 4.90 Å². The number of nitro benzene ring substituents is 1. The highest BCUT2D eigenvalue weighted by Gasteiger charge is 2.28. The monoisotopic (exact) mass is 282 g/mol. The Morgan fingerprint density at radius 3 is 2.84 bits per heavy atom. The van der Waals surface area contributed by atoms with Crippen molar-refractivity contribution in [1.29, 1.82) is 0 Å². The predicted molar refractivity (Wildman–Crippen MR) is 71.9 cm³/mol. The number of carbonyl (C=O) groups excluding carboxylic acids is 1. The zero-order valence-corrected chi connectivity index (χ0v) is 11.4. The summed E-state index contributed by atoms with van der Waals surface area (Å²) in [4.78, 5) is 23.8. The molecule has 0 saturated carbocycles. The second-order valence-electron chi connectivity index (χ2n) is 4.79. The van der Waals surface area contributed by atoms with Crippen LogP contribution in [0.3, 0.4) is 0 Å². The number of carbonyl (C=O) groups is 1. The molecule has 0 bridgehead atoms. The molecular weight excluding hydrogens is 268 g/mol. The number of benzene rings is 1. The topological polar surface area (TPSA) is 63.5 Å². The van der Waals surface area contributed by atoms with Crippen molar-refractivity contribution in [3.05, 3.63) is 38.9 Å². The Labute approximate surface area is 116 Å². The van der Waals surface area contributed by atoms with Crippen LogP contribution in [0.25, 0.3) is 0 Å². The lowest BCUT2D eigenvalue weighted by Crippen LogP contribution is -2.24. The van der Waals surface area contributed by atoms with E-state index in [1.165, 1.54) is 18.2 Å². The van der Waals surface area contributed by atoms with E-state index in [9.17, 15) is 14.9 Å². The fourth-order valence-corrected chi connectivity index (χ4v) is 2.46. The molecule has 1 aromatic rings. The molecule has 1 unspecified atom stereocenters. The fourth-order valence-electron chi connectivity index (χ4n) is 2.28. The van der Waals surface area contributed by atoms with E-state index in [0.29, 0.717) is 36.0 Å². The molecule has 19 heavy (non-hydrogen) atoms. The molecule has 0 N–H and O–H groups in total. The lowest BCUT2D eigenvalue weighted by Gasteiger charge is -2.17. The van der Waals surface area contributed by atoms with Gasteiger partial charge in [0.1, 0.15) is 0 Å². The molecule has 0 radical (unpaired) electrons. The number of amides is 1. The minimum Gasteiger partial charge on any atom is -0.338 e. The summed E-state index contributed by atoms with van der Waals surface area (Å²) >= 11 is 6.04. The Hall–Kier alpha value is -1.62. The number of non-ortho nitro benzene ring substituents is 1. The van der Waals surface area contributed by atoms with Gasteiger partial charge in [0.15, 0.2) is 0 Å². The molecule has 6 heteroatoms. The first-order valence-corrected chi connectivity index (χ1v) is 6.59. The van der Waals surface area contributed by atoms with Gasteiger partial charge in [0.05, 0.1) is 4.92 Å². The Balaban J connectivity index is 2.17. The van der Waals surface area contributed by atoms with Crippen LogP contribution >= 0.6 is 11.6 Å². The Bertz CT molecular complexity index is 519. The Morgan fingerprint density at radius 1 is 1.53 bits per heavy atom. The van der Waals surface area contributed by atoms with Gasteiger partial charge < -0.3 is 4.90 Å². The van der Waals surface area contributed by atoms with Crippen molar-refractivity contribution < 1.29 is 9.72 Å². The highest BCUT2D eigenvalue weighted by Crippen LogP contribution is 2.27. The number of likely N-dealkylation sites (tertiary alicyclic amines) is 1. The summed E-state index contributed by atoms with van der Waals surface area (Å²) in [7, 11) is 0. The van der Waals surface area contributed by atoms with Gasteiger partial charge in [-0.1, -0.05) is 24.9 Å². The second-order valence-corrected chi connectivity index (χ2v) is 5.19. The van der Waals surface area contributed by atoms with Gasteiger partial charge in [0.25, 0.3) is 5.69 Å². The molecule has 1 aliphatic rings. The van der Waals surface area contributed by atoms with Crippen molar-refractivity contribution >= 4 is 23.2 Å². The highest BCUT2D eigenvalue weighted by molar-refractivity contribution is 6.31. The van der Waals surface area contributed by atoms with Gasteiger partial charge in [-0.3, -0.25) is 14.9 Å². The van der Waals surface area contributed by atoms with Gasteiger partial charge >= 0.3 is 0 Å². The van der Waals surface area contributed by atoms with Crippen LogP contribution in [0, 0.1) is 16.0 Å². The smallest absolute Gasteiger partial charge is 0.269 e. The number of halogens is 1. The molecule has 102 valence electrons. The molecule has 1 aliphatic heterocycles. The second kappa shape index (κ2) is 5.57. The number of hydrogen-bond acceptors (Lipinski definition) is 3. The van der Waals surface area contributed by atoms with E-state index >= 15 is 0 Å². The Morgan fingerprint density at radius 2 is 2.26 bits per heavy atom. The van der Waals surface area contributed by atoms with Crippen LogP contribution in [-0.2, 0) is 11.3 Å². The highest BCUT2D eigenvalue weighted by atomic mass is 35.5. The molecule has 0 spiro atoms. The predicted octanol–water partition coefficient (Wildman–Crippen LogP) is 3.01. The quantitative estimate of drug-likeness (QED) is 0.630. The van der Waals surface area contributed by atoms with E-state index in [2.05, 4.69) is 6.92 Å². The van der Waals surface area contributed by atoms with E-state index in [1.54, 1.807) is 4.90 Å². The molecule has 5 nitrogen and oxygen atoms in total. The molecule has 1 saturated heterocycles. The summed E-state index contributed by atoms with van der Waals surface area (Å²) in [6.45, 7) is 3.10. The standard InChI is InChI=1S/C13H15ClN2O3/c1-2-9-5-13(17)15(7-9)8-10-6-11(16(18)19)3-4-12(10)14/h3-4,6,9H,2,5,7-8H2,1H3. The van der Waals surface area contributed by atoms with Crippen LogP contribution in [0.4, 0.5) is 5.69 Å². The van der Waals surface area contributed by atoms with Crippen LogP contribution in [0.1, 0.15) is 25.3 Å². The molecule has 1 atom stereocenters. The molecule has 1 heterocycles. The maximum absolute atomic E-state index is 11.8. The molecule has 0 aliphatic carbocycles. The van der Waals surface area contributed by atoms with Crippen molar-refractivity contribution in [2.45, 2.75) is 26.3 Å². The maximum Gasteiger partial charge on any atom is 0.269 e. The van der Waals surface area contributed by atoms with Gasteiger partial charge in [0, 0.05) is 36.7 Å². The van der Waals surface area contributed by atoms with Gasteiger partial charge in [-0.25, -0.2) is 0 Å². The normalized spacial score (nSPS) is 18.9. The van der Waals surface area contributed by atoms with Crippen LogP contribution in [0.5, 0.6) is 0 Å².